The van der Waals surface area contributed by atoms with E-state index in [2.05, 4.69) is 0 Å². The number of hydrogen-bond donors (Lipinski definition) is 1. The van der Waals surface area contributed by atoms with Crippen molar-refractivity contribution in [1.29, 1.82) is 0 Å². The van der Waals surface area contributed by atoms with Crippen LogP contribution in [0.25, 0.3) is 0 Å². The van der Waals surface area contributed by atoms with Crippen molar-refractivity contribution >= 4 is 15.7 Å². The fraction of sp³-hybridized carbons (Fsp3) is 0.250. The molecular formula is C8H10N2O5S. The highest BCUT2D eigenvalue weighted by Gasteiger charge is 2.27. The number of nitrogens with zero attached hydrogens (tertiary/aromatic N) is 1. The van der Waals surface area contributed by atoms with E-state index >= 15 is 0 Å². The third-order valence-corrected chi connectivity index (χ3v) is 2.69. The highest BCUT2D eigenvalue weighted by molar-refractivity contribution is 7.89. The number of nitrogens with two attached hydrogens (primary N) is 1. The molecule has 0 unspecified atom stereocenters. The van der Waals surface area contributed by atoms with Crippen LogP contribution in [0.3, 0.4) is 0 Å². The molecule has 1 aromatic carbocycles. The van der Waals surface area contributed by atoms with Crippen LogP contribution in [0.1, 0.15) is 6.92 Å². The summed E-state index contributed by atoms with van der Waals surface area (Å²) < 4.78 is 27.2. The number of benzene rings is 1. The molecule has 0 spiro atoms. The number of para-hydroxylation sites is 1. The van der Waals surface area contributed by atoms with Crippen LogP contribution in [-0.2, 0) is 10.0 Å². The zero-order chi connectivity index (χ0) is 12.3. The molecule has 0 amide bonds. The van der Waals surface area contributed by atoms with Crippen LogP contribution in [0.5, 0.6) is 5.75 Å². The molecule has 8 heteroatoms. The minimum absolute atomic E-state index is 0.112. The van der Waals surface area contributed by atoms with Crippen LogP contribution in [0.4, 0.5) is 5.69 Å². The first-order chi connectivity index (χ1) is 7.38. The fourth-order valence-electron chi connectivity index (χ4n) is 1.18. The Morgan fingerprint density at radius 2 is 2.12 bits per heavy atom. The Kier molecular flexibility index (Phi) is 3.45. The molecule has 1 rings (SSSR count). The van der Waals surface area contributed by atoms with Gasteiger partial charge < -0.3 is 4.74 Å². The summed E-state index contributed by atoms with van der Waals surface area (Å²) in [6.45, 7) is 1.82. The maximum atomic E-state index is 11.1. The van der Waals surface area contributed by atoms with Gasteiger partial charge in [-0.05, 0) is 19.1 Å². The molecule has 0 fully saturated rings. The second-order valence-electron chi connectivity index (χ2n) is 2.84. The zero-order valence-corrected chi connectivity index (χ0v) is 9.23. The van der Waals surface area contributed by atoms with Crippen molar-refractivity contribution in [3.63, 3.8) is 0 Å². The summed E-state index contributed by atoms with van der Waals surface area (Å²) in [7, 11) is -4.14. The van der Waals surface area contributed by atoms with Crippen LogP contribution >= 0.6 is 0 Å². The van der Waals surface area contributed by atoms with Crippen molar-refractivity contribution in [3.05, 3.63) is 28.3 Å². The van der Waals surface area contributed by atoms with Crippen LogP contribution in [0.2, 0.25) is 0 Å². The molecule has 0 heterocycles. The minimum Gasteiger partial charge on any atom is -0.487 e. The normalized spacial score (nSPS) is 11.1. The van der Waals surface area contributed by atoms with Gasteiger partial charge in [0.15, 0.2) is 10.6 Å². The highest BCUT2D eigenvalue weighted by atomic mass is 32.2. The van der Waals surface area contributed by atoms with Crippen molar-refractivity contribution in [2.45, 2.75) is 11.8 Å². The van der Waals surface area contributed by atoms with E-state index in [-0.39, 0.29) is 12.4 Å². The lowest BCUT2D eigenvalue weighted by molar-refractivity contribution is -0.388. The van der Waals surface area contributed by atoms with E-state index < -0.39 is 25.5 Å². The Morgan fingerprint density at radius 3 is 2.56 bits per heavy atom. The van der Waals surface area contributed by atoms with Crippen molar-refractivity contribution in [2.75, 3.05) is 6.61 Å². The molecule has 0 aromatic heterocycles. The Bertz CT molecular complexity index is 511. The van der Waals surface area contributed by atoms with E-state index in [9.17, 15) is 18.5 Å². The Morgan fingerprint density at radius 1 is 1.50 bits per heavy atom. The predicted octanol–water partition coefficient (Wildman–Crippen LogP) is 0.641. The van der Waals surface area contributed by atoms with Gasteiger partial charge in [-0.1, -0.05) is 6.07 Å². The van der Waals surface area contributed by atoms with Gasteiger partial charge in [0, 0.05) is 0 Å². The van der Waals surface area contributed by atoms with Gasteiger partial charge in [0.2, 0.25) is 10.0 Å². The lowest BCUT2D eigenvalue weighted by atomic mass is 10.3. The van der Waals surface area contributed by atoms with Crippen molar-refractivity contribution in [2.24, 2.45) is 5.14 Å². The largest absolute Gasteiger partial charge is 0.487 e. The molecule has 0 bridgehead atoms. The van der Waals surface area contributed by atoms with E-state index in [0.29, 0.717) is 0 Å². The van der Waals surface area contributed by atoms with Gasteiger partial charge in [0.05, 0.1) is 11.5 Å². The average molecular weight is 246 g/mol. The highest BCUT2D eigenvalue weighted by Crippen LogP contribution is 2.32. The summed E-state index contributed by atoms with van der Waals surface area (Å²) in [4.78, 5) is 9.39. The maximum Gasteiger partial charge on any atom is 0.330 e. The molecule has 0 saturated carbocycles. The van der Waals surface area contributed by atoms with Crippen LogP contribution in [0.15, 0.2) is 23.1 Å². The predicted molar refractivity (Wildman–Crippen MR) is 55.6 cm³/mol. The number of primary sulfonamides is 1. The van der Waals surface area contributed by atoms with Crippen LogP contribution in [-0.4, -0.2) is 19.9 Å². The molecule has 0 atom stereocenters. The van der Waals surface area contributed by atoms with E-state index in [1.54, 1.807) is 6.92 Å². The molecule has 0 aliphatic rings. The van der Waals surface area contributed by atoms with Crippen LogP contribution in [0, 0.1) is 10.1 Å². The van der Waals surface area contributed by atoms with Crippen molar-refractivity contribution in [3.8, 4) is 5.75 Å². The molecule has 7 nitrogen and oxygen atoms in total. The summed E-state index contributed by atoms with van der Waals surface area (Å²) in [5, 5.41) is 15.6. The summed E-state index contributed by atoms with van der Waals surface area (Å²) in [5.41, 5.74) is -0.633. The molecule has 1 aromatic rings. The lowest BCUT2D eigenvalue weighted by Crippen LogP contribution is -2.14. The quantitative estimate of drug-likeness (QED) is 0.618. The third kappa shape index (κ3) is 2.47. The molecule has 0 radical (unpaired) electrons. The first-order valence-corrected chi connectivity index (χ1v) is 5.85. The summed E-state index contributed by atoms with van der Waals surface area (Å²) >= 11 is 0. The van der Waals surface area contributed by atoms with Gasteiger partial charge in [-0.15, -0.1) is 0 Å². The molecule has 2 N–H and O–H groups in total. The number of nitro benzene ring substituents is 1. The Balaban J connectivity index is 3.51. The Labute approximate surface area is 92.0 Å². The number of rotatable bonds is 4. The molecule has 0 saturated heterocycles. The topological polar surface area (TPSA) is 113 Å². The van der Waals surface area contributed by atoms with E-state index in [1.807, 2.05) is 0 Å². The van der Waals surface area contributed by atoms with E-state index in [4.69, 9.17) is 9.88 Å². The zero-order valence-electron chi connectivity index (χ0n) is 8.41. The lowest BCUT2D eigenvalue weighted by Gasteiger charge is -2.06. The first kappa shape index (κ1) is 12.4. The van der Waals surface area contributed by atoms with Gasteiger partial charge in [-0.3, -0.25) is 10.1 Å². The van der Waals surface area contributed by atoms with Crippen LogP contribution < -0.4 is 9.88 Å². The third-order valence-electron chi connectivity index (χ3n) is 1.75. The minimum atomic E-state index is -4.14. The van der Waals surface area contributed by atoms with Gasteiger partial charge in [-0.2, -0.15) is 0 Å². The number of sulfonamides is 1. The van der Waals surface area contributed by atoms with Gasteiger partial charge in [-0.25, -0.2) is 13.6 Å². The maximum absolute atomic E-state index is 11.1. The van der Waals surface area contributed by atoms with Gasteiger partial charge in [0.1, 0.15) is 0 Å². The molecule has 88 valence electrons. The number of hydrogen-bond acceptors (Lipinski definition) is 5. The summed E-state index contributed by atoms with van der Waals surface area (Å²) in [6, 6.07) is 3.71. The molecule has 0 aliphatic carbocycles. The Hall–Kier alpha value is -1.67. The SMILES string of the molecule is CCOc1cccc(S(N)(=O)=O)c1[N+](=O)[O-]. The molecular weight excluding hydrogens is 236 g/mol. The monoisotopic (exact) mass is 246 g/mol. The molecule has 16 heavy (non-hydrogen) atoms. The number of nitro groups is 1. The second-order valence-corrected chi connectivity index (χ2v) is 4.37. The summed E-state index contributed by atoms with van der Waals surface area (Å²) in [5.74, 6) is -0.112. The molecule has 0 aliphatic heterocycles. The van der Waals surface area contributed by atoms with Gasteiger partial charge >= 0.3 is 5.69 Å². The standard InChI is InChI=1S/C8H10N2O5S/c1-2-15-6-4-3-5-7(16(9,13)14)8(6)10(11)12/h3-5H,2H2,1H3,(H2,9,13,14). The van der Waals surface area contributed by atoms with Crippen molar-refractivity contribution in [1.82, 2.24) is 0 Å². The van der Waals surface area contributed by atoms with E-state index in [0.717, 1.165) is 6.07 Å². The fourth-order valence-corrected chi connectivity index (χ4v) is 1.90. The average Bonchev–Trinajstić information content (AvgIpc) is 2.16. The first-order valence-electron chi connectivity index (χ1n) is 4.31. The number of ether oxygens (including phenoxy) is 1. The second kappa shape index (κ2) is 4.45. The smallest absolute Gasteiger partial charge is 0.330 e. The summed E-state index contributed by atoms with van der Waals surface area (Å²) in [6.07, 6.45) is 0. The van der Waals surface area contributed by atoms with Gasteiger partial charge in [0.25, 0.3) is 0 Å². The van der Waals surface area contributed by atoms with Crippen molar-refractivity contribution < 1.29 is 18.1 Å². The van der Waals surface area contributed by atoms with E-state index in [1.165, 1.54) is 12.1 Å².